The highest BCUT2D eigenvalue weighted by Gasteiger charge is 2.14. The number of fused-ring (bicyclic) bond motifs is 3. The molecule has 7 aromatic rings. The van der Waals surface area contributed by atoms with Crippen LogP contribution >= 0.6 is 0 Å². The third-order valence-corrected chi connectivity index (χ3v) is 8.75. The summed E-state index contributed by atoms with van der Waals surface area (Å²) in [5.74, 6) is 0. The van der Waals surface area contributed by atoms with Crippen molar-refractivity contribution in [3.63, 3.8) is 0 Å². The molecule has 0 aliphatic carbocycles. The fourth-order valence-electron chi connectivity index (χ4n) is 6.37. The van der Waals surface area contributed by atoms with Crippen LogP contribution in [-0.2, 0) is 6.54 Å². The van der Waals surface area contributed by atoms with Gasteiger partial charge in [0.2, 0.25) is 0 Å². The van der Waals surface area contributed by atoms with Gasteiger partial charge in [0.1, 0.15) is 0 Å². The van der Waals surface area contributed by atoms with E-state index in [-0.39, 0.29) is 0 Å². The van der Waals surface area contributed by atoms with Crippen LogP contribution in [0.25, 0.3) is 66.3 Å². The van der Waals surface area contributed by atoms with Crippen LogP contribution in [0.1, 0.15) is 32.6 Å². The molecule has 1 nitrogen and oxygen atoms in total. The van der Waals surface area contributed by atoms with Crippen molar-refractivity contribution in [2.24, 2.45) is 0 Å². The van der Waals surface area contributed by atoms with Gasteiger partial charge in [-0.25, -0.2) is 0 Å². The molecule has 0 spiro atoms. The summed E-state index contributed by atoms with van der Waals surface area (Å²) < 4.78 is 2.55. The Balaban J connectivity index is 1.28. The number of benzene rings is 6. The van der Waals surface area contributed by atoms with Crippen molar-refractivity contribution >= 4 is 21.8 Å². The molecule has 1 aromatic heterocycles. The second-order valence-corrected chi connectivity index (χ2v) is 11.6. The minimum Gasteiger partial charge on any atom is -0.340 e. The normalized spacial score (nSPS) is 11.4. The van der Waals surface area contributed by atoms with Crippen molar-refractivity contribution in [3.8, 4) is 44.5 Å². The molecule has 0 fully saturated rings. The van der Waals surface area contributed by atoms with E-state index in [4.69, 9.17) is 0 Å². The van der Waals surface area contributed by atoms with Gasteiger partial charge in [-0.3, -0.25) is 0 Å². The van der Waals surface area contributed by atoms with E-state index >= 15 is 0 Å². The fraction of sp³-hybridized carbons (Fsp3) is 0.143. The smallest absolute Gasteiger partial charge is 0.0491 e. The zero-order valence-corrected chi connectivity index (χ0v) is 24.8. The Kier molecular flexibility index (Phi) is 7.63. The number of hydrogen-bond donors (Lipinski definition) is 0. The first-order valence-corrected chi connectivity index (χ1v) is 15.7. The monoisotopic (exact) mass is 555 g/mol. The van der Waals surface area contributed by atoms with E-state index in [0.29, 0.717) is 0 Å². The molecule has 0 saturated heterocycles. The Morgan fingerprint density at radius 1 is 0.372 bits per heavy atom. The van der Waals surface area contributed by atoms with Crippen LogP contribution in [0.2, 0.25) is 0 Å². The van der Waals surface area contributed by atoms with E-state index in [1.165, 1.54) is 92.0 Å². The molecule has 1 heteroatoms. The van der Waals surface area contributed by atoms with Crippen LogP contribution in [0, 0.1) is 0 Å². The number of aryl methyl sites for hydroxylation is 1. The second kappa shape index (κ2) is 12.2. The molecule has 0 atom stereocenters. The van der Waals surface area contributed by atoms with Crippen LogP contribution in [0.15, 0.2) is 146 Å². The summed E-state index contributed by atoms with van der Waals surface area (Å²) in [5.41, 5.74) is 12.7. The van der Waals surface area contributed by atoms with Crippen molar-refractivity contribution in [2.75, 3.05) is 0 Å². The molecule has 0 unspecified atom stereocenters. The van der Waals surface area contributed by atoms with Crippen LogP contribution in [0.3, 0.4) is 0 Å². The minimum atomic E-state index is 1.05. The maximum Gasteiger partial charge on any atom is 0.0491 e. The zero-order valence-electron chi connectivity index (χ0n) is 24.8. The first kappa shape index (κ1) is 27.0. The van der Waals surface area contributed by atoms with E-state index in [0.717, 1.165) is 6.54 Å². The van der Waals surface area contributed by atoms with Gasteiger partial charge < -0.3 is 4.57 Å². The molecule has 6 aromatic carbocycles. The summed E-state index contributed by atoms with van der Waals surface area (Å²) in [7, 11) is 0. The number of rotatable bonds is 9. The predicted octanol–water partition coefficient (Wildman–Crippen LogP) is 12.0. The van der Waals surface area contributed by atoms with Crippen molar-refractivity contribution in [3.05, 3.63) is 146 Å². The lowest BCUT2D eigenvalue weighted by Crippen LogP contribution is -1.97. The molecule has 0 amide bonds. The first-order valence-electron chi connectivity index (χ1n) is 15.7. The molecule has 0 aliphatic rings. The Hall–Kier alpha value is -4.88. The lowest BCUT2D eigenvalue weighted by Gasteiger charge is -2.09. The Bertz CT molecular complexity index is 1820. The topological polar surface area (TPSA) is 4.93 Å². The maximum absolute atomic E-state index is 2.55. The number of aromatic nitrogens is 1. The lowest BCUT2D eigenvalue weighted by molar-refractivity contribution is 0.602. The van der Waals surface area contributed by atoms with E-state index in [2.05, 4.69) is 157 Å². The van der Waals surface area contributed by atoms with Crippen molar-refractivity contribution in [1.82, 2.24) is 4.57 Å². The molecule has 0 bridgehead atoms. The van der Waals surface area contributed by atoms with Crippen molar-refractivity contribution in [2.45, 2.75) is 39.2 Å². The Labute approximate surface area is 255 Å². The van der Waals surface area contributed by atoms with E-state index in [1.54, 1.807) is 0 Å². The molecule has 0 saturated carbocycles. The molecule has 210 valence electrons. The van der Waals surface area contributed by atoms with Gasteiger partial charge in [-0.2, -0.15) is 0 Å². The molecule has 0 N–H and O–H groups in total. The highest BCUT2D eigenvalue weighted by Crippen LogP contribution is 2.36. The molecular weight excluding hydrogens is 518 g/mol. The average Bonchev–Trinajstić information content (AvgIpc) is 3.39. The highest BCUT2D eigenvalue weighted by molar-refractivity contribution is 6.10. The lowest BCUT2D eigenvalue weighted by atomic mass is 9.97. The van der Waals surface area contributed by atoms with E-state index in [1.807, 2.05) is 0 Å². The zero-order chi connectivity index (χ0) is 29.0. The molecule has 1 heterocycles. The van der Waals surface area contributed by atoms with Gasteiger partial charge in [0, 0.05) is 28.4 Å². The van der Waals surface area contributed by atoms with Crippen LogP contribution in [0.5, 0.6) is 0 Å². The van der Waals surface area contributed by atoms with Gasteiger partial charge in [0.05, 0.1) is 0 Å². The maximum atomic E-state index is 2.55. The third kappa shape index (κ3) is 5.51. The third-order valence-electron chi connectivity index (χ3n) is 8.75. The van der Waals surface area contributed by atoms with E-state index in [9.17, 15) is 0 Å². The van der Waals surface area contributed by atoms with Gasteiger partial charge >= 0.3 is 0 Å². The molecule has 43 heavy (non-hydrogen) atoms. The predicted molar refractivity (Wildman–Crippen MR) is 185 cm³/mol. The van der Waals surface area contributed by atoms with Crippen LogP contribution in [0.4, 0.5) is 0 Å². The standard InChI is InChI=1S/C42H37N/c1-2-3-4-11-28-43-41-26-24-37(35-20-16-33(17-21-35)31-12-7-5-8-13-31)29-39(41)40-30-38(25-27-42(40)43)36-22-18-34(19-23-36)32-14-9-6-10-15-32/h5-10,12-27,29-30H,2-4,11,28H2,1H3. The van der Waals surface area contributed by atoms with Gasteiger partial charge in [0.25, 0.3) is 0 Å². The van der Waals surface area contributed by atoms with Crippen molar-refractivity contribution in [1.29, 1.82) is 0 Å². The summed E-state index contributed by atoms with van der Waals surface area (Å²) in [6, 6.07) is 53.3. The molecule has 0 aliphatic heterocycles. The molecule has 7 rings (SSSR count). The average molecular weight is 556 g/mol. The first-order chi connectivity index (χ1) is 21.3. The summed E-state index contributed by atoms with van der Waals surface area (Å²) in [6.45, 7) is 3.33. The number of nitrogens with zero attached hydrogens (tertiary/aromatic N) is 1. The largest absolute Gasteiger partial charge is 0.340 e. The summed E-state index contributed by atoms with van der Waals surface area (Å²) in [5, 5.41) is 2.66. The summed E-state index contributed by atoms with van der Waals surface area (Å²) in [6.07, 6.45) is 5.03. The summed E-state index contributed by atoms with van der Waals surface area (Å²) in [4.78, 5) is 0. The van der Waals surface area contributed by atoms with E-state index < -0.39 is 0 Å². The Morgan fingerprint density at radius 2 is 0.744 bits per heavy atom. The number of hydrogen-bond acceptors (Lipinski definition) is 0. The minimum absolute atomic E-state index is 1.05. The SMILES string of the molecule is CCCCCCn1c2ccc(-c3ccc(-c4ccccc4)cc3)cc2c2cc(-c3ccc(-c4ccccc4)cc3)ccc21. The molecule has 0 radical (unpaired) electrons. The highest BCUT2D eigenvalue weighted by atomic mass is 15.0. The Morgan fingerprint density at radius 3 is 1.16 bits per heavy atom. The van der Waals surface area contributed by atoms with Gasteiger partial charge in [0.15, 0.2) is 0 Å². The fourth-order valence-corrected chi connectivity index (χ4v) is 6.37. The van der Waals surface area contributed by atoms with Crippen LogP contribution in [-0.4, -0.2) is 4.57 Å². The second-order valence-electron chi connectivity index (χ2n) is 11.6. The van der Waals surface area contributed by atoms with Gasteiger partial charge in [-0.05, 0) is 75.2 Å². The van der Waals surface area contributed by atoms with Crippen molar-refractivity contribution < 1.29 is 0 Å². The van der Waals surface area contributed by atoms with Crippen LogP contribution < -0.4 is 0 Å². The molecular formula is C42H37N. The quantitative estimate of drug-likeness (QED) is 0.156. The van der Waals surface area contributed by atoms with Gasteiger partial charge in [-0.15, -0.1) is 0 Å². The number of unbranched alkanes of at least 4 members (excludes halogenated alkanes) is 3. The van der Waals surface area contributed by atoms with Gasteiger partial charge in [-0.1, -0.05) is 148 Å². The summed E-state index contributed by atoms with van der Waals surface area (Å²) >= 11 is 0.